The molecule has 3 nitrogen and oxygen atoms in total. The van der Waals surface area contributed by atoms with E-state index in [0.717, 1.165) is 39.2 Å². The summed E-state index contributed by atoms with van der Waals surface area (Å²) in [6, 6.07) is 48.9. The molecule has 0 atom stereocenters. The minimum absolute atomic E-state index is 0.888. The first-order valence-electron chi connectivity index (χ1n) is 13.2. The molecule has 0 unspecified atom stereocenters. The van der Waals surface area contributed by atoms with Crippen LogP contribution in [0.5, 0.6) is 0 Å². The first-order chi connectivity index (χ1) is 19.3. The summed E-state index contributed by atoms with van der Waals surface area (Å²) in [6.07, 6.45) is 0. The van der Waals surface area contributed by atoms with Gasteiger partial charge in [0.05, 0.1) is 33.5 Å². The van der Waals surface area contributed by atoms with Gasteiger partial charge in [-0.15, -0.1) is 0 Å². The third kappa shape index (κ3) is 3.44. The van der Waals surface area contributed by atoms with Gasteiger partial charge in [0, 0.05) is 33.0 Å². The third-order valence-electron chi connectivity index (χ3n) is 7.58. The second-order valence-corrected chi connectivity index (χ2v) is 9.86. The highest BCUT2D eigenvalue weighted by atomic mass is 15.0. The quantitative estimate of drug-likeness (QED) is 0.244. The van der Waals surface area contributed by atoms with Crippen LogP contribution in [-0.4, -0.2) is 14.5 Å². The predicted molar refractivity (Wildman–Crippen MR) is 162 cm³/mol. The SMILES string of the molecule is c1ccc(-c2nc3ccccc3nc2-c2ccc(-n3c4ccccc4c4ccc5ccccc5c43)cc2)cc1. The molecule has 0 saturated carbocycles. The molecule has 8 rings (SSSR count). The maximum Gasteiger partial charge on any atom is 0.0973 e. The summed E-state index contributed by atoms with van der Waals surface area (Å²) in [6.45, 7) is 0. The molecular weight excluding hydrogens is 474 g/mol. The van der Waals surface area contributed by atoms with E-state index in [1.807, 2.05) is 42.5 Å². The summed E-state index contributed by atoms with van der Waals surface area (Å²) >= 11 is 0. The van der Waals surface area contributed by atoms with E-state index >= 15 is 0 Å². The zero-order valence-electron chi connectivity index (χ0n) is 21.1. The van der Waals surface area contributed by atoms with Crippen molar-refractivity contribution in [2.24, 2.45) is 0 Å². The summed E-state index contributed by atoms with van der Waals surface area (Å²) < 4.78 is 2.39. The number of nitrogens with zero attached hydrogens (tertiary/aromatic N) is 3. The van der Waals surface area contributed by atoms with Gasteiger partial charge in [0.15, 0.2) is 0 Å². The lowest BCUT2D eigenvalue weighted by Crippen LogP contribution is -1.97. The van der Waals surface area contributed by atoms with Crippen LogP contribution < -0.4 is 0 Å². The zero-order valence-corrected chi connectivity index (χ0v) is 21.1. The van der Waals surface area contributed by atoms with Crippen molar-refractivity contribution in [2.45, 2.75) is 0 Å². The average Bonchev–Trinajstić information content (AvgIpc) is 3.36. The Kier molecular flexibility index (Phi) is 4.82. The smallest absolute Gasteiger partial charge is 0.0973 e. The monoisotopic (exact) mass is 497 g/mol. The number of hydrogen-bond acceptors (Lipinski definition) is 2. The Balaban J connectivity index is 1.36. The van der Waals surface area contributed by atoms with E-state index < -0.39 is 0 Å². The van der Waals surface area contributed by atoms with E-state index in [4.69, 9.17) is 9.97 Å². The minimum Gasteiger partial charge on any atom is -0.309 e. The van der Waals surface area contributed by atoms with Gasteiger partial charge in [0.25, 0.3) is 0 Å². The number of benzene rings is 6. The molecule has 0 spiro atoms. The van der Waals surface area contributed by atoms with Crippen LogP contribution in [0, 0.1) is 0 Å². The molecular formula is C36H23N3. The Morgan fingerprint density at radius 3 is 1.74 bits per heavy atom. The van der Waals surface area contributed by atoms with E-state index in [1.165, 1.54) is 32.6 Å². The Morgan fingerprint density at radius 2 is 1.00 bits per heavy atom. The number of aromatic nitrogens is 3. The molecule has 0 N–H and O–H groups in total. The molecule has 182 valence electrons. The molecule has 3 heteroatoms. The fraction of sp³-hybridized carbons (Fsp3) is 0. The molecule has 0 amide bonds. The molecule has 0 aliphatic rings. The van der Waals surface area contributed by atoms with Gasteiger partial charge >= 0.3 is 0 Å². The van der Waals surface area contributed by atoms with Crippen molar-refractivity contribution < 1.29 is 0 Å². The minimum atomic E-state index is 0.888. The summed E-state index contributed by atoms with van der Waals surface area (Å²) in [7, 11) is 0. The lowest BCUT2D eigenvalue weighted by molar-refractivity contribution is 1.18. The summed E-state index contributed by atoms with van der Waals surface area (Å²) in [5, 5.41) is 5.01. The molecule has 0 radical (unpaired) electrons. The maximum atomic E-state index is 5.09. The van der Waals surface area contributed by atoms with E-state index in [2.05, 4.69) is 102 Å². The van der Waals surface area contributed by atoms with Gasteiger partial charge in [0.1, 0.15) is 0 Å². The lowest BCUT2D eigenvalue weighted by atomic mass is 10.0. The second-order valence-electron chi connectivity index (χ2n) is 9.86. The van der Waals surface area contributed by atoms with Crippen molar-refractivity contribution in [1.29, 1.82) is 0 Å². The largest absolute Gasteiger partial charge is 0.309 e. The van der Waals surface area contributed by atoms with Gasteiger partial charge in [-0.25, -0.2) is 9.97 Å². The summed E-state index contributed by atoms with van der Waals surface area (Å²) in [5.74, 6) is 0. The first-order valence-corrected chi connectivity index (χ1v) is 13.2. The van der Waals surface area contributed by atoms with Gasteiger partial charge in [0.2, 0.25) is 0 Å². The Hall–Kier alpha value is -5.28. The summed E-state index contributed by atoms with van der Waals surface area (Å²) in [4.78, 5) is 10.1. The molecule has 8 aromatic rings. The fourth-order valence-electron chi connectivity index (χ4n) is 5.77. The normalized spacial score (nSPS) is 11.6. The zero-order chi connectivity index (χ0) is 25.8. The molecule has 2 heterocycles. The van der Waals surface area contributed by atoms with Crippen molar-refractivity contribution in [3.63, 3.8) is 0 Å². The Bertz CT molecular complexity index is 2160. The number of fused-ring (bicyclic) bond motifs is 6. The van der Waals surface area contributed by atoms with Crippen molar-refractivity contribution in [3.05, 3.63) is 140 Å². The highest BCUT2D eigenvalue weighted by molar-refractivity contribution is 6.18. The third-order valence-corrected chi connectivity index (χ3v) is 7.58. The van der Waals surface area contributed by atoms with E-state index in [1.54, 1.807) is 0 Å². The molecule has 0 saturated heterocycles. The predicted octanol–water partition coefficient (Wildman–Crippen LogP) is 9.21. The van der Waals surface area contributed by atoms with Crippen LogP contribution in [0.15, 0.2) is 140 Å². The second kappa shape index (κ2) is 8.64. The van der Waals surface area contributed by atoms with Crippen molar-refractivity contribution >= 4 is 43.6 Å². The van der Waals surface area contributed by atoms with Gasteiger partial charge in [-0.2, -0.15) is 0 Å². The Labute approximate surface area is 225 Å². The van der Waals surface area contributed by atoms with E-state index in [9.17, 15) is 0 Å². The van der Waals surface area contributed by atoms with Gasteiger partial charge < -0.3 is 4.57 Å². The topological polar surface area (TPSA) is 30.7 Å². The number of para-hydroxylation sites is 3. The molecule has 0 fully saturated rings. The van der Waals surface area contributed by atoms with Crippen molar-refractivity contribution in [2.75, 3.05) is 0 Å². The average molecular weight is 498 g/mol. The van der Waals surface area contributed by atoms with E-state index in [-0.39, 0.29) is 0 Å². The molecule has 0 aliphatic carbocycles. The first kappa shape index (κ1) is 21.8. The van der Waals surface area contributed by atoms with Gasteiger partial charge in [-0.1, -0.05) is 109 Å². The molecule has 2 aromatic heterocycles. The van der Waals surface area contributed by atoms with Gasteiger partial charge in [-0.05, 0) is 35.7 Å². The highest BCUT2D eigenvalue weighted by Gasteiger charge is 2.16. The van der Waals surface area contributed by atoms with Crippen LogP contribution in [0.3, 0.4) is 0 Å². The maximum absolute atomic E-state index is 5.09. The highest BCUT2D eigenvalue weighted by Crippen LogP contribution is 2.37. The Morgan fingerprint density at radius 1 is 0.410 bits per heavy atom. The van der Waals surface area contributed by atoms with Crippen LogP contribution in [-0.2, 0) is 0 Å². The molecule has 0 aliphatic heterocycles. The van der Waals surface area contributed by atoms with Crippen LogP contribution in [0.2, 0.25) is 0 Å². The molecule has 39 heavy (non-hydrogen) atoms. The number of rotatable bonds is 3. The standard InChI is InChI=1S/C36H23N3/c1-2-11-25(12-3-1)34-35(38-32-16-8-7-15-31(32)37-34)26-18-21-27(22-19-26)39-33-17-9-6-14-29(33)30-23-20-24-10-4-5-13-28(24)36(30)39/h1-23H. The van der Waals surface area contributed by atoms with E-state index in [0.29, 0.717) is 0 Å². The van der Waals surface area contributed by atoms with Crippen LogP contribution in [0.4, 0.5) is 0 Å². The van der Waals surface area contributed by atoms with Crippen molar-refractivity contribution in [1.82, 2.24) is 14.5 Å². The fourth-order valence-corrected chi connectivity index (χ4v) is 5.77. The molecule has 0 bridgehead atoms. The van der Waals surface area contributed by atoms with Crippen LogP contribution in [0.1, 0.15) is 0 Å². The van der Waals surface area contributed by atoms with Crippen LogP contribution >= 0.6 is 0 Å². The molecule has 6 aromatic carbocycles. The van der Waals surface area contributed by atoms with Crippen LogP contribution in [0.25, 0.3) is 71.8 Å². The number of hydrogen-bond donors (Lipinski definition) is 0. The van der Waals surface area contributed by atoms with Crippen molar-refractivity contribution in [3.8, 4) is 28.2 Å². The lowest BCUT2D eigenvalue weighted by Gasteiger charge is -2.13. The summed E-state index contributed by atoms with van der Waals surface area (Å²) in [5.41, 5.74) is 9.23. The van der Waals surface area contributed by atoms with Gasteiger partial charge in [-0.3, -0.25) is 0 Å².